The average molecular weight is 412 g/mol. The van der Waals surface area contributed by atoms with Gasteiger partial charge in [-0.05, 0) is 37.6 Å². The number of hydrogen-bond donors (Lipinski definition) is 0. The number of rotatable bonds is 5. The van der Waals surface area contributed by atoms with Crippen molar-refractivity contribution in [2.45, 2.75) is 20.0 Å². The molecule has 0 bridgehead atoms. The first-order valence-corrected chi connectivity index (χ1v) is 10.6. The van der Waals surface area contributed by atoms with Crippen LogP contribution >= 0.6 is 11.3 Å². The Balaban J connectivity index is 1.34. The molecule has 1 fully saturated rings. The highest BCUT2D eigenvalue weighted by Gasteiger charge is 2.21. The maximum atomic E-state index is 12.9. The zero-order valence-corrected chi connectivity index (χ0v) is 17.6. The van der Waals surface area contributed by atoms with Gasteiger partial charge in [0.25, 0.3) is 5.91 Å². The Kier molecular flexibility index (Phi) is 5.80. The standard InChI is InChI=1S/C21H25N5O2S/c1-16-15-29-21(23-16)26-10-3-9-25(12-13-26)20(27)17-4-6-18(7-5-17)28-14-19-22-8-11-24(19)2/h4-8,11,15H,3,9-10,12-14H2,1-2H3. The van der Waals surface area contributed by atoms with E-state index in [0.717, 1.165) is 48.5 Å². The largest absolute Gasteiger partial charge is 0.486 e. The maximum absolute atomic E-state index is 12.9. The van der Waals surface area contributed by atoms with Crippen LogP contribution in [-0.2, 0) is 13.7 Å². The summed E-state index contributed by atoms with van der Waals surface area (Å²) in [5.74, 6) is 1.65. The molecule has 0 unspecified atom stereocenters. The molecule has 2 aromatic heterocycles. The molecule has 8 heteroatoms. The van der Waals surface area contributed by atoms with Gasteiger partial charge in [-0.25, -0.2) is 9.97 Å². The smallest absolute Gasteiger partial charge is 0.253 e. The van der Waals surface area contributed by atoms with Crippen LogP contribution in [-0.4, -0.2) is 51.5 Å². The molecule has 3 heterocycles. The van der Waals surface area contributed by atoms with Gasteiger partial charge < -0.3 is 19.1 Å². The second-order valence-corrected chi connectivity index (χ2v) is 8.01. The van der Waals surface area contributed by atoms with Crippen LogP contribution < -0.4 is 9.64 Å². The maximum Gasteiger partial charge on any atom is 0.253 e. The minimum absolute atomic E-state index is 0.0674. The average Bonchev–Trinajstić information content (AvgIpc) is 3.26. The van der Waals surface area contributed by atoms with Crippen molar-refractivity contribution in [3.63, 3.8) is 0 Å². The van der Waals surface area contributed by atoms with Crippen LogP contribution in [0.5, 0.6) is 5.75 Å². The van der Waals surface area contributed by atoms with E-state index in [1.165, 1.54) is 0 Å². The Bertz CT molecular complexity index is 966. The second kappa shape index (κ2) is 8.65. The van der Waals surface area contributed by atoms with Crippen LogP contribution in [0.3, 0.4) is 0 Å². The molecule has 1 aliphatic heterocycles. The monoisotopic (exact) mass is 411 g/mol. The highest BCUT2D eigenvalue weighted by Crippen LogP contribution is 2.22. The number of thiazole rings is 1. The van der Waals surface area contributed by atoms with Crippen molar-refractivity contribution in [3.8, 4) is 5.75 Å². The third-order valence-electron chi connectivity index (χ3n) is 5.05. The van der Waals surface area contributed by atoms with Gasteiger partial charge in [-0.1, -0.05) is 0 Å². The van der Waals surface area contributed by atoms with E-state index in [1.807, 2.05) is 53.9 Å². The summed E-state index contributed by atoms with van der Waals surface area (Å²) in [7, 11) is 1.94. The fourth-order valence-electron chi connectivity index (χ4n) is 3.36. The van der Waals surface area contributed by atoms with Crippen molar-refractivity contribution in [2.75, 3.05) is 31.1 Å². The lowest BCUT2D eigenvalue weighted by atomic mass is 10.2. The molecule has 1 aliphatic rings. The molecular formula is C21H25N5O2S. The first-order valence-electron chi connectivity index (χ1n) is 9.75. The summed E-state index contributed by atoms with van der Waals surface area (Å²) in [6.45, 7) is 5.61. The number of hydrogen-bond acceptors (Lipinski definition) is 6. The van der Waals surface area contributed by atoms with E-state index in [9.17, 15) is 4.79 Å². The molecule has 4 rings (SSSR count). The number of ether oxygens (including phenoxy) is 1. The SMILES string of the molecule is Cc1csc(N2CCCN(C(=O)c3ccc(OCc4nccn4C)cc3)CC2)n1. The number of aryl methyl sites for hydroxylation is 2. The van der Waals surface area contributed by atoms with Gasteiger partial charge in [0, 0.05) is 56.6 Å². The van der Waals surface area contributed by atoms with Crippen LogP contribution in [0.15, 0.2) is 42.0 Å². The third-order valence-corrected chi connectivity index (χ3v) is 6.07. The van der Waals surface area contributed by atoms with Gasteiger partial charge in [0.15, 0.2) is 5.13 Å². The highest BCUT2D eigenvalue weighted by molar-refractivity contribution is 7.13. The van der Waals surface area contributed by atoms with Crippen LogP contribution in [0, 0.1) is 6.92 Å². The van der Waals surface area contributed by atoms with Crippen molar-refractivity contribution in [1.82, 2.24) is 19.4 Å². The number of nitrogens with zero attached hydrogens (tertiary/aromatic N) is 5. The summed E-state index contributed by atoms with van der Waals surface area (Å²) in [6, 6.07) is 7.36. The zero-order chi connectivity index (χ0) is 20.2. The summed E-state index contributed by atoms with van der Waals surface area (Å²) < 4.78 is 7.70. The number of carbonyl (C=O) groups is 1. The molecule has 0 aliphatic carbocycles. The van der Waals surface area contributed by atoms with E-state index >= 15 is 0 Å². The lowest BCUT2D eigenvalue weighted by Gasteiger charge is -2.22. The molecule has 0 spiro atoms. The van der Waals surface area contributed by atoms with E-state index in [-0.39, 0.29) is 5.91 Å². The summed E-state index contributed by atoms with van der Waals surface area (Å²) in [5.41, 5.74) is 1.74. The van der Waals surface area contributed by atoms with Crippen molar-refractivity contribution in [2.24, 2.45) is 7.05 Å². The minimum Gasteiger partial charge on any atom is -0.486 e. The number of imidazole rings is 1. The van der Waals surface area contributed by atoms with Crippen LogP contribution in [0.4, 0.5) is 5.13 Å². The van der Waals surface area contributed by atoms with Crippen molar-refractivity contribution >= 4 is 22.4 Å². The van der Waals surface area contributed by atoms with Crippen molar-refractivity contribution in [3.05, 3.63) is 59.1 Å². The quantitative estimate of drug-likeness (QED) is 0.646. The lowest BCUT2D eigenvalue weighted by molar-refractivity contribution is 0.0767. The number of aromatic nitrogens is 3. The molecule has 1 saturated heterocycles. The minimum atomic E-state index is 0.0674. The van der Waals surface area contributed by atoms with E-state index < -0.39 is 0 Å². The summed E-state index contributed by atoms with van der Waals surface area (Å²) in [4.78, 5) is 26.0. The molecular weight excluding hydrogens is 386 g/mol. The first-order chi connectivity index (χ1) is 14.1. The van der Waals surface area contributed by atoms with Gasteiger partial charge in [-0.3, -0.25) is 4.79 Å². The van der Waals surface area contributed by atoms with Gasteiger partial charge in [-0.15, -0.1) is 11.3 Å². The van der Waals surface area contributed by atoms with Crippen molar-refractivity contribution < 1.29 is 9.53 Å². The summed E-state index contributed by atoms with van der Waals surface area (Å²) in [6.07, 6.45) is 4.58. The van der Waals surface area contributed by atoms with E-state index in [0.29, 0.717) is 18.7 Å². The molecule has 3 aromatic rings. The Morgan fingerprint density at radius 3 is 2.69 bits per heavy atom. The molecule has 1 aromatic carbocycles. The Hall–Kier alpha value is -2.87. The van der Waals surface area contributed by atoms with Crippen LogP contribution in [0.25, 0.3) is 0 Å². The molecule has 0 N–H and O–H groups in total. The second-order valence-electron chi connectivity index (χ2n) is 7.17. The van der Waals surface area contributed by atoms with Gasteiger partial charge in [0.2, 0.25) is 0 Å². The molecule has 0 radical (unpaired) electrons. The van der Waals surface area contributed by atoms with E-state index in [2.05, 4.69) is 20.2 Å². The summed E-state index contributed by atoms with van der Waals surface area (Å²) in [5, 5.41) is 3.12. The number of benzene rings is 1. The fourth-order valence-corrected chi connectivity index (χ4v) is 4.22. The molecule has 0 saturated carbocycles. The Morgan fingerprint density at radius 1 is 1.17 bits per heavy atom. The first kappa shape index (κ1) is 19.4. The zero-order valence-electron chi connectivity index (χ0n) is 16.7. The molecule has 0 atom stereocenters. The van der Waals surface area contributed by atoms with Crippen LogP contribution in [0.1, 0.15) is 28.3 Å². The number of carbonyl (C=O) groups excluding carboxylic acids is 1. The molecule has 29 heavy (non-hydrogen) atoms. The van der Waals surface area contributed by atoms with Gasteiger partial charge >= 0.3 is 0 Å². The molecule has 152 valence electrons. The van der Waals surface area contributed by atoms with E-state index in [4.69, 9.17) is 4.74 Å². The summed E-state index contributed by atoms with van der Waals surface area (Å²) >= 11 is 1.67. The van der Waals surface area contributed by atoms with E-state index in [1.54, 1.807) is 17.5 Å². The van der Waals surface area contributed by atoms with Crippen LogP contribution in [0.2, 0.25) is 0 Å². The van der Waals surface area contributed by atoms with Crippen molar-refractivity contribution in [1.29, 1.82) is 0 Å². The number of amides is 1. The predicted molar refractivity (Wildman–Crippen MR) is 114 cm³/mol. The molecule has 1 amide bonds. The Morgan fingerprint density at radius 2 is 2.00 bits per heavy atom. The third kappa shape index (κ3) is 4.59. The molecule has 7 nitrogen and oxygen atoms in total. The fraction of sp³-hybridized carbons (Fsp3) is 0.381. The van der Waals surface area contributed by atoms with Gasteiger partial charge in [0.05, 0.1) is 5.69 Å². The Labute approximate surface area is 174 Å². The van der Waals surface area contributed by atoms with Gasteiger partial charge in [-0.2, -0.15) is 0 Å². The highest BCUT2D eigenvalue weighted by atomic mass is 32.1. The van der Waals surface area contributed by atoms with Gasteiger partial charge in [0.1, 0.15) is 18.2 Å². The normalized spacial score (nSPS) is 14.7. The lowest BCUT2D eigenvalue weighted by Crippen LogP contribution is -2.35. The number of anilines is 1. The topological polar surface area (TPSA) is 63.5 Å². The predicted octanol–water partition coefficient (Wildman–Crippen LogP) is 3.12.